The van der Waals surface area contributed by atoms with Gasteiger partial charge >= 0.3 is 11.9 Å². The summed E-state index contributed by atoms with van der Waals surface area (Å²) >= 11 is 0. The topological polar surface area (TPSA) is 217 Å². The van der Waals surface area contributed by atoms with E-state index in [2.05, 4.69) is 33.6 Å². The first-order valence-electron chi connectivity index (χ1n) is 11.7. The molecule has 0 rings (SSSR count). The van der Waals surface area contributed by atoms with Gasteiger partial charge in [-0.05, 0) is 39.2 Å². The third-order valence-electron chi connectivity index (χ3n) is 5.05. The van der Waals surface area contributed by atoms with E-state index in [1.807, 2.05) is 0 Å². The minimum absolute atomic E-state index is 0.0228. The van der Waals surface area contributed by atoms with Crippen molar-refractivity contribution in [1.82, 2.24) is 21.3 Å². The number of quaternary nitrogens is 1. The van der Waals surface area contributed by atoms with E-state index in [4.69, 9.17) is 15.6 Å². The first-order chi connectivity index (χ1) is 16.7. The first-order valence-corrected chi connectivity index (χ1v) is 11.7. The van der Waals surface area contributed by atoms with Crippen LogP contribution >= 0.6 is 0 Å². The smallest absolute Gasteiger partial charge is 0.328 e. The van der Waals surface area contributed by atoms with Crippen LogP contribution in [0.25, 0.3) is 0 Å². The lowest BCUT2D eigenvalue weighted by Gasteiger charge is -2.18. The Morgan fingerprint density at radius 2 is 1.57 bits per heavy atom. The van der Waals surface area contributed by atoms with Crippen LogP contribution in [0, 0.1) is 0 Å². The lowest BCUT2D eigenvalue weighted by molar-refractivity contribution is -0.369. The summed E-state index contributed by atoms with van der Waals surface area (Å²) in [5, 5.41) is 19.5. The molecule has 13 nitrogen and oxygen atoms in total. The Morgan fingerprint density at radius 3 is 2.09 bits per heavy atom. The van der Waals surface area contributed by atoms with Gasteiger partial charge in [-0.15, -0.1) is 0 Å². The van der Waals surface area contributed by atoms with E-state index < -0.39 is 36.0 Å². The van der Waals surface area contributed by atoms with Gasteiger partial charge in [-0.1, -0.05) is 12.7 Å². The van der Waals surface area contributed by atoms with E-state index >= 15 is 0 Å². The van der Waals surface area contributed by atoms with Crippen molar-refractivity contribution in [1.29, 1.82) is 0 Å². The number of hydrogen-bond acceptors (Lipinski definition) is 8. The van der Waals surface area contributed by atoms with Crippen LogP contribution in [0.2, 0.25) is 0 Å². The number of carboxylic acids is 1. The van der Waals surface area contributed by atoms with E-state index in [0.29, 0.717) is 45.2 Å². The van der Waals surface area contributed by atoms with Crippen molar-refractivity contribution >= 4 is 29.7 Å². The molecular formula is C22H41N6O7+. The van der Waals surface area contributed by atoms with Crippen LogP contribution in [0.5, 0.6) is 0 Å². The van der Waals surface area contributed by atoms with Crippen molar-refractivity contribution in [2.24, 2.45) is 5.73 Å². The normalized spacial score (nSPS) is 13.1. The molecule has 0 saturated heterocycles. The number of hydrogen-bond donors (Lipinski definition) is 7. The fourth-order valence-corrected chi connectivity index (χ4v) is 2.93. The van der Waals surface area contributed by atoms with Gasteiger partial charge in [0.15, 0.2) is 0 Å². The van der Waals surface area contributed by atoms with Crippen molar-refractivity contribution in [3.63, 3.8) is 0 Å². The Kier molecular flexibility index (Phi) is 17.6. The fraction of sp³-hybridized carbons (Fsp3) is 0.682. The molecule has 35 heavy (non-hydrogen) atoms. The van der Waals surface area contributed by atoms with Crippen molar-refractivity contribution in [3.05, 3.63) is 12.7 Å². The number of rotatable bonds is 20. The Bertz CT molecular complexity index is 704. The van der Waals surface area contributed by atoms with Crippen molar-refractivity contribution < 1.29 is 39.5 Å². The van der Waals surface area contributed by atoms with Gasteiger partial charge in [-0.3, -0.25) is 19.2 Å². The van der Waals surface area contributed by atoms with E-state index in [1.54, 1.807) is 7.05 Å². The predicted molar refractivity (Wildman–Crippen MR) is 128 cm³/mol. The largest absolute Gasteiger partial charge is 0.480 e. The number of esters is 1. The van der Waals surface area contributed by atoms with Crippen molar-refractivity contribution in [2.75, 3.05) is 33.3 Å². The van der Waals surface area contributed by atoms with Crippen LogP contribution in [0.15, 0.2) is 12.7 Å². The van der Waals surface area contributed by atoms with Crippen molar-refractivity contribution in [3.8, 4) is 0 Å². The molecule has 0 saturated carbocycles. The highest BCUT2D eigenvalue weighted by Crippen LogP contribution is 2.04. The number of aliphatic carboxylic acids is 1. The highest BCUT2D eigenvalue weighted by Gasteiger charge is 2.24. The molecule has 0 radical (unpaired) electrons. The monoisotopic (exact) mass is 501 g/mol. The number of carbonyl (C=O) groups excluding carboxylic acids is 4. The molecule has 0 fully saturated rings. The fourth-order valence-electron chi connectivity index (χ4n) is 2.93. The Balaban J connectivity index is 4.16. The maximum Gasteiger partial charge on any atom is 0.328 e. The molecule has 0 aromatic carbocycles. The SMILES string of the molecule is C=CCOC(=O)C(CCCCNC(=O)CCC(=O)NCCCC(NC)C(=O)O)NC(=O)C(N)C[NH3+]. The van der Waals surface area contributed by atoms with E-state index in [0.717, 1.165) is 0 Å². The lowest BCUT2D eigenvalue weighted by Crippen LogP contribution is -2.63. The third-order valence-corrected chi connectivity index (χ3v) is 5.05. The molecule has 3 atom stereocenters. The quantitative estimate of drug-likeness (QED) is 0.0528. The second-order valence-electron chi connectivity index (χ2n) is 7.89. The second kappa shape index (κ2) is 19.3. The molecule has 0 aromatic rings. The van der Waals surface area contributed by atoms with Gasteiger partial charge in [0.1, 0.15) is 24.7 Å². The van der Waals surface area contributed by atoms with Gasteiger partial charge in [-0.2, -0.15) is 0 Å². The summed E-state index contributed by atoms with van der Waals surface area (Å²) in [6.07, 6.45) is 3.74. The highest BCUT2D eigenvalue weighted by atomic mass is 16.5. The minimum Gasteiger partial charge on any atom is -0.480 e. The Morgan fingerprint density at radius 1 is 1.00 bits per heavy atom. The Labute approximate surface area is 205 Å². The summed E-state index contributed by atoms with van der Waals surface area (Å²) in [6, 6.07) is -2.34. The molecule has 3 amide bonds. The van der Waals surface area contributed by atoms with Gasteiger partial charge in [0, 0.05) is 25.9 Å². The minimum atomic E-state index is -0.943. The molecule has 10 N–H and O–H groups in total. The maximum absolute atomic E-state index is 12.2. The van der Waals surface area contributed by atoms with Crippen LogP contribution in [0.1, 0.15) is 44.9 Å². The summed E-state index contributed by atoms with van der Waals surface area (Å²) in [7, 11) is 1.56. The molecule has 0 aliphatic heterocycles. The zero-order valence-corrected chi connectivity index (χ0v) is 20.5. The number of carboxylic acid groups (broad SMARTS) is 1. The zero-order valence-electron chi connectivity index (χ0n) is 20.5. The van der Waals surface area contributed by atoms with Crippen LogP contribution < -0.4 is 32.7 Å². The Hall–Kier alpha value is -3.03. The molecule has 0 heterocycles. The zero-order chi connectivity index (χ0) is 26.6. The van der Waals surface area contributed by atoms with Gasteiger partial charge < -0.3 is 42.6 Å². The van der Waals surface area contributed by atoms with Crippen LogP contribution in [0.4, 0.5) is 0 Å². The summed E-state index contributed by atoms with van der Waals surface area (Å²) in [5.74, 6) is -2.59. The summed E-state index contributed by atoms with van der Waals surface area (Å²) in [4.78, 5) is 58.8. The molecule has 0 aliphatic rings. The van der Waals surface area contributed by atoms with Crippen LogP contribution in [0.3, 0.4) is 0 Å². The standard InChI is InChI=1S/C22H40N6O7/c1-3-13-35-22(34)17(28-20(31)15(24)14-23)7-4-5-11-26-18(29)9-10-19(30)27-12-6-8-16(25-2)21(32)33/h3,15-17,25H,1,4-14,23-24H2,2H3,(H,26,29)(H,27,30)(H,28,31)(H,32,33)/p+1. The third kappa shape index (κ3) is 15.5. The average molecular weight is 502 g/mol. The first kappa shape index (κ1) is 32.0. The molecule has 13 heteroatoms. The highest BCUT2D eigenvalue weighted by molar-refractivity contribution is 5.87. The number of nitrogens with one attached hydrogen (secondary N) is 4. The molecule has 0 aromatic heterocycles. The number of amides is 3. The summed E-state index contributed by atoms with van der Waals surface area (Å²) in [6.45, 7) is 4.37. The number of nitrogens with two attached hydrogens (primary N) is 1. The molecule has 0 bridgehead atoms. The van der Waals surface area contributed by atoms with E-state index in [-0.39, 0.29) is 37.8 Å². The van der Waals surface area contributed by atoms with Crippen LogP contribution in [-0.2, 0) is 28.7 Å². The molecule has 3 unspecified atom stereocenters. The van der Waals surface area contributed by atoms with Gasteiger partial charge in [0.2, 0.25) is 17.7 Å². The number of unbranched alkanes of at least 4 members (excludes halogenated alkanes) is 1. The van der Waals surface area contributed by atoms with Gasteiger partial charge in [-0.25, -0.2) is 4.79 Å². The van der Waals surface area contributed by atoms with Crippen LogP contribution in [-0.4, -0.2) is 86.2 Å². The molecule has 0 spiro atoms. The summed E-state index contributed by atoms with van der Waals surface area (Å²) < 4.78 is 5.02. The van der Waals surface area contributed by atoms with Gasteiger partial charge in [0.25, 0.3) is 0 Å². The predicted octanol–water partition coefficient (Wildman–Crippen LogP) is -2.59. The maximum atomic E-state index is 12.2. The summed E-state index contributed by atoms with van der Waals surface area (Å²) in [5.41, 5.74) is 9.21. The van der Waals surface area contributed by atoms with E-state index in [9.17, 15) is 24.0 Å². The van der Waals surface area contributed by atoms with E-state index in [1.165, 1.54) is 6.08 Å². The number of ether oxygens (including phenoxy) is 1. The second-order valence-corrected chi connectivity index (χ2v) is 7.89. The van der Waals surface area contributed by atoms with Crippen molar-refractivity contribution in [2.45, 2.75) is 63.1 Å². The van der Waals surface area contributed by atoms with Gasteiger partial charge in [0.05, 0.1) is 6.54 Å². The molecule has 200 valence electrons. The lowest BCUT2D eigenvalue weighted by atomic mass is 10.1. The molecular weight excluding hydrogens is 460 g/mol. The number of likely N-dealkylation sites (N-methyl/N-ethyl adjacent to an activating group) is 1. The average Bonchev–Trinajstić information content (AvgIpc) is 2.83. The molecule has 0 aliphatic carbocycles. The number of carbonyl (C=O) groups is 5.